The van der Waals surface area contributed by atoms with Crippen LogP contribution in [-0.4, -0.2) is 22.2 Å². The molecule has 11 heavy (non-hydrogen) atoms. The van der Waals surface area contributed by atoms with Gasteiger partial charge in [0.2, 0.25) is 0 Å². The van der Waals surface area contributed by atoms with Gasteiger partial charge in [0.25, 0.3) is 0 Å². The molecule has 0 radical (unpaired) electrons. The fourth-order valence-corrected chi connectivity index (χ4v) is 0.650. The normalized spacial score (nSPS) is 14.0. The highest BCUT2D eigenvalue weighted by molar-refractivity contribution is 5.76. The minimum Gasteiger partial charge on any atom is -0.344 e. The van der Waals surface area contributed by atoms with Crippen molar-refractivity contribution in [3.63, 3.8) is 0 Å². The van der Waals surface area contributed by atoms with Crippen molar-refractivity contribution in [3.8, 4) is 0 Å². The Hall–Kier alpha value is -1.12. The Morgan fingerprint density at radius 2 is 2.64 bits per heavy atom. The minimum atomic E-state index is 0.401. The fraction of sp³-hybridized carbons (Fsp3) is 0.500. The SMILES string of the molecule is CCC(C)/N=C/c1cnc[nH]1. The smallest absolute Gasteiger partial charge is 0.0924 e. The number of aromatic amines is 1. The van der Waals surface area contributed by atoms with Gasteiger partial charge in [-0.3, -0.25) is 4.99 Å². The lowest BCUT2D eigenvalue weighted by atomic mass is 10.3. The van der Waals surface area contributed by atoms with Crippen LogP contribution < -0.4 is 0 Å². The lowest BCUT2D eigenvalue weighted by Gasteiger charge is -1.97. The quantitative estimate of drug-likeness (QED) is 0.655. The topological polar surface area (TPSA) is 41.0 Å². The molecule has 3 nitrogen and oxygen atoms in total. The first-order valence-corrected chi connectivity index (χ1v) is 3.84. The van der Waals surface area contributed by atoms with Gasteiger partial charge in [-0.2, -0.15) is 0 Å². The molecule has 60 valence electrons. The van der Waals surface area contributed by atoms with Crippen molar-refractivity contribution in [2.75, 3.05) is 0 Å². The molecule has 0 bridgehead atoms. The molecule has 0 saturated carbocycles. The summed E-state index contributed by atoms with van der Waals surface area (Å²) in [6.07, 6.45) is 6.30. The molecule has 1 aromatic rings. The fourth-order valence-electron chi connectivity index (χ4n) is 0.650. The second-order valence-electron chi connectivity index (χ2n) is 2.54. The van der Waals surface area contributed by atoms with Gasteiger partial charge in [0.05, 0.1) is 18.2 Å². The highest BCUT2D eigenvalue weighted by atomic mass is 14.9. The molecule has 3 heteroatoms. The summed E-state index contributed by atoms with van der Waals surface area (Å²) in [7, 11) is 0. The summed E-state index contributed by atoms with van der Waals surface area (Å²) in [4.78, 5) is 11.1. The molecule has 1 N–H and O–H groups in total. The molecule has 0 fully saturated rings. The van der Waals surface area contributed by atoms with Crippen molar-refractivity contribution in [1.29, 1.82) is 0 Å². The molecule has 0 spiro atoms. The number of imidazole rings is 1. The lowest BCUT2D eigenvalue weighted by molar-refractivity contribution is 0.720. The number of aliphatic imine (C=N–C) groups is 1. The Bertz CT molecular complexity index is 213. The Morgan fingerprint density at radius 1 is 1.82 bits per heavy atom. The monoisotopic (exact) mass is 151 g/mol. The van der Waals surface area contributed by atoms with Crippen LogP contribution in [0.2, 0.25) is 0 Å². The molecule has 1 atom stereocenters. The van der Waals surface area contributed by atoms with E-state index in [1.807, 2.05) is 6.21 Å². The zero-order valence-electron chi connectivity index (χ0n) is 6.91. The third kappa shape index (κ3) is 2.53. The van der Waals surface area contributed by atoms with E-state index in [0.29, 0.717) is 6.04 Å². The van der Waals surface area contributed by atoms with Crippen LogP contribution in [-0.2, 0) is 0 Å². The average molecular weight is 151 g/mol. The van der Waals surface area contributed by atoms with Crippen LogP contribution in [0.15, 0.2) is 17.5 Å². The molecule has 0 aliphatic rings. The van der Waals surface area contributed by atoms with Crippen LogP contribution in [0.25, 0.3) is 0 Å². The van der Waals surface area contributed by atoms with Crippen molar-refractivity contribution in [1.82, 2.24) is 9.97 Å². The van der Waals surface area contributed by atoms with Gasteiger partial charge >= 0.3 is 0 Å². The van der Waals surface area contributed by atoms with Gasteiger partial charge in [0, 0.05) is 12.3 Å². The summed E-state index contributed by atoms with van der Waals surface area (Å²) in [5.74, 6) is 0. The maximum Gasteiger partial charge on any atom is 0.0924 e. The maximum absolute atomic E-state index is 4.29. The van der Waals surface area contributed by atoms with Crippen molar-refractivity contribution in [2.24, 2.45) is 4.99 Å². The number of hydrogen-bond donors (Lipinski definition) is 1. The first-order valence-electron chi connectivity index (χ1n) is 3.84. The van der Waals surface area contributed by atoms with E-state index in [2.05, 4.69) is 28.8 Å². The Balaban J connectivity index is 2.48. The van der Waals surface area contributed by atoms with Gasteiger partial charge < -0.3 is 4.98 Å². The minimum absolute atomic E-state index is 0.401. The van der Waals surface area contributed by atoms with Gasteiger partial charge in [0.15, 0.2) is 0 Å². The molecular formula is C8H13N3. The Kier molecular flexibility index (Phi) is 2.83. The molecule has 0 amide bonds. The summed E-state index contributed by atoms with van der Waals surface area (Å²) >= 11 is 0. The summed E-state index contributed by atoms with van der Waals surface area (Å²) in [5, 5.41) is 0. The number of hydrogen-bond acceptors (Lipinski definition) is 2. The van der Waals surface area contributed by atoms with E-state index < -0.39 is 0 Å². The molecular weight excluding hydrogens is 138 g/mol. The van der Waals surface area contributed by atoms with Crippen LogP contribution in [0.1, 0.15) is 26.0 Å². The van der Waals surface area contributed by atoms with Gasteiger partial charge in [-0.25, -0.2) is 4.98 Å². The Labute approximate surface area is 66.6 Å². The van der Waals surface area contributed by atoms with E-state index in [1.54, 1.807) is 12.5 Å². The number of aromatic nitrogens is 2. The van der Waals surface area contributed by atoms with E-state index >= 15 is 0 Å². The second-order valence-corrected chi connectivity index (χ2v) is 2.54. The van der Waals surface area contributed by atoms with Gasteiger partial charge in [-0.05, 0) is 13.3 Å². The van der Waals surface area contributed by atoms with Crippen molar-refractivity contribution >= 4 is 6.21 Å². The first kappa shape index (κ1) is 7.98. The third-order valence-corrected chi connectivity index (χ3v) is 1.58. The molecule has 1 rings (SSSR count). The molecule has 1 aromatic heterocycles. The van der Waals surface area contributed by atoms with Gasteiger partial charge in [0.1, 0.15) is 0 Å². The summed E-state index contributed by atoms with van der Waals surface area (Å²) in [6.45, 7) is 4.21. The summed E-state index contributed by atoms with van der Waals surface area (Å²) in [5.41, 5.74) is 0.963. The predicted molar refractivity (Wildman–Crippen MR) is 45.9 cm³/mol. The van der Waals surface area contributed by atoms with E-state index in [4.69, 9.17) is 0 Å². The maximum atomic E-state index is 4.29. The van der Waals surface area contributed by atoms with Crippen molar-refractivity contribution in [2.45, 2.75) is 26.3 Å². The number of rotatable bonds is 3. The predicted octanol–water partition coefficient (Wildman–Crippen LogP) is 1.63. The van der Waals surface area contributed by atoms with Gasteiger partial charge in [-0.15, -0.1) is 0 Å². The van der Waals surface area contributed by atoms with E-state index in [0.717, 1.165) is 12.1 Å². The molecule has 0 aliphatic carbocycles. The van der Waals surface area contributed by atoms with Crippen LogP contribution in [0.3, 0.4) is 0 Å². The molecule has 0 aromatic carbocycles. The van der Waals surface area contributed by atoms with E-state index in [-0.39, 0.29) is 0 Å². The van der Waals surface area contributed by atoms with Crippen LogP contribution in [0.4, 0.5) is 0 Å². The zero-order valence-corrected chi connectivity index (χ0v) is 6.91. The molecule has 1 heterocycles. The molecule has 0 saturated heterocycles. The van der Waals surface area contributed by atoms with Crippen molar-refractivity contribution < 1.29 is 0 Å². The molecule has 0 aliphatic heterocycles. The molecule has 1 unspecified atom stereocenters. The van der Waals surface area contributed by atoms with Crippen LogP contribution >= 0.6 is 0 Å². The number of nitrogens with zero attached hydrogens (tertiary/aromatic N) is 2. The average Bonchev–Trinajstić information content (AvgIpc) is 2.52. The largest absolute Gasteiger partial charge is 0.344 e. The highest BCUT2D eigenvalue weighted by Gasteiger charge is 1.91. The standard InChI is InChI=1S/C8H13N3/c1-3-7(2)10-5-8-4-9-6-11-8/h4-7H,3H2,1-2H3,(H,9,11)/b10-5+. The highest BCUT2D eigenvalue weighted by Crippen LogP contribution is 1.94. The Morgan fingerprint density at radius 3 is 3.18 bits per heavy atom. The van der Waals surface area contributed by atoms with E-state index in [9.17, 15) is 0 Å². The van der Waals surface area contributed by atoms with Crippen molar-refractivity contribution in [3.05, 3.63) is 18.2 Å². The lowest BCUT2D eigenvalue weighted by Crippen LogP contribution is -1.95. The first-order chi connectivity index (χ1) is 5.33. The summed E-state index contributed by atoms with van der Waals surface area (Å²) in [6, 6.07) is 0.401. The second kappa shape index (κ2) is 3.91. The zero-order chi connectivity index (χ0) is 8.10. The summed E-state index contributed by atoms with van der Waals surface area (Å²) < 4.78 is 0. The third-order valence-electron chi connectivity index (χ3n) is 1.58. The number of H-pyrrole nitrogens is 1. The van der Waals surface area contributed by atoms with Gasteiger partial charge in [-0.1, -0.05) is 6.92 Å². The van der Waals surface area contributed by atoms with Crippen LogP contribution in [0, 0.1) is 0 Å². The number of nitrogens with one attached hydrogen (secondary N) is 1. The van der Waals surface area contributed by atoms with E-state index in [1.165, 1.54) is 0 Å². The van der Waals surface area contributed by atoms with Crippen LogP contribution in [0.5, 0.6) is 0 Å².